The summed E-state index contributed by atoms with van der Waals surface area (Å²) >= 11 is 0. The van der Waals surface area contributed by atoms with Gasteiger partial charge in [0.25, 0.3) is 0 Å². The second-order valence-corrected chi connectivity index (χ2v) is 7.43. The molecule has 7 nitrogen and oxygen atoms in total. The molecule has 2 aliphatic rings. The average molecular weight is 369 g/mol. The zero-order valence-electron chi connectivity index (χ0n) is 16.9. The van der Waals surface area contributed by atoms with Crippen molar-refractivity contribution in [2.45, 2.75) is 39.7 Å². The van der Waals surface area contributed by atoms with E-state index in [1.807, 2.05) is 14.0 Å². The molecular formula is C19H36N4O3. The molecule has 2 saturated heterocycles. The van der Waals surface area contributed by atoms with Crippen LogP contribution in [0.2, 0.25) is 0 Å². The Labute approximate surface area is 158 Å². The fourth-order valence-corrected chi connectivity index (χ4v) is 3.85. The van der Waals surface area contributed by atoms with Crippen LogP contribution in [-0.4, -0.2) is 87.4 Å². The van der Waals surface area contributed by atoms with Crippen molar-refractivity contribution in [2.75, 3.05) is 59.6 Å². The van der Waals surface area contributed by atoms with Crippen molar-refractivity contribution >= 4 is 11.9 Å². The van der Waals surface area contributed by atoms with Crippen LogP contribution in [0.25, 0.3) is 0 Å². The van der Waals surface area contributed by atoms with Gasteiger partial charge in [0, 0.05) is 45.8 Å². The molecule has 2 unspecified atom stereocenters. The minimum atomic E-state index is -0.0824. The van der Waals surface area contributed by atoms with E-state index in [-0.39, 0.29) is 11.9 Å². The number of ether oxygens (including phenoxy) is 2. The summed E-state index contributed by atoms with van der Waals surface area (Å²) in [6.45, 7) is 12.9. The third-order valence-corrected chi connectivity index (χ3v) is 5.31. The molecule has 0 bridgehead atoms. The van der Waals surface area contributed by atoms with Crippen molar-refractivity contribution in [3.8, 4) is 0 Å². The summed E-state index contributed by atoms with van der Waals surface area (Å²) in [6.07, 6.45) is 1.88. The van der Waals surface area contributed by atoms with Gasteiger partial charge in [-0.15, -0.1) is 0 Å². The van der Waals surface area contributed by atoms with Gasteiger partial charge in [-0.1, -0.05) is 13.8 Å². The monoisotopic (exact) mass is 368 g/mol. The first kappa shape index (κ1) is 21.0. The zero-order valence-corrected chi connectivity index (χ0v) is 16.9. The fraction of sp³-hybridized carbons (Fsp3) is 0.895. The minimum Gasteiger partial charge on any atom is -0.466 e. The van der Waals surface area contributed by atoms with E-state index in [0.717, 1.165) is 58.2 Å². The van der Waals surface area contributed by atoms with Crippen molar-refractivity contribution in [1.82, 2.24) is 15.1 Å². The Hall–Kier alpha value is -1.34. The van der Waals surface area contributed by atoms with E-state index < -0.39 is 0 Å². The Kier molecular flexibility index (Phi) is 8.65. The maximum atomic E-state index is 12.1. The quantitative estimate of drug-likeness (QED) is 0.432. The first-order valence-corrected chi connectivity index (χ1v) is 10.0. The van der Waals surface area contributed by atoms with Crippen molar-refractivity contribution in [2.24, 2.45) is 16.8 Å². The summed E-state index contributed by atoms with van der Waals surface area (Å²) in [6, 6.07) is 0.446. The Balaban J connectivity index is 1.91. The number of rotatable bonds is 6. The highest BCUT2D eigenvalue weighted by Gasteiger charge is 2.29. The van der Waals surface area contributed by atoms with Gasteiger partial charge >= 0.3 is 5.97 Å². The van der Waals surface area contributed by atoms with Gasteiger partial charge in [-0.25, -0.2) is 0 Å². The lowest BCUT2D eigenvalue weighted by Crippen LogP contribution is -2.54. The van der Waals surface area contributed by atoms with Crippen molar-refractivity contribution in [1.29, 1.82) is 0 Å². The molecule has 0 amide bonds. The van der Waals surface area contributed by atoms with Crippen molar-refractivity contribution < 1.29 is 14.3 Å². The van der Waals surface area contributed by atoms with E-state index in [1.165, 1.54) is 0 Å². The van der Waals surface area contributed by atoms with Crippen molar-refractivity contribution in [3.05, 3.63) is 0 Å². The van der Waals surface area contributed by atoms with Crippen LogP contribution in [-0.2, 0) is 14.3 Å². The molecule has 0 spiro atoms. The molecule has 0 radical (unpaired) electrons. The lowest BCUT2D eigenvalue weighted by molar-refractivity contribution is -0.149. The van der Waals surface area contributed by atoms with Gasteiger partial charge in [-0.3, -0.25) is 14.7 Å². The molecule has 26 heavy (non-hydrogen) atoms. The van der Waals surface area contributed by atoms with Crippen LogP contribution in [0.15, 0.2) is 4.99 Å². The smallest absolute Gasteiger partial charge is 0.310 e. The molecule has 1 N–H and O–H groups in total. The van der Waals surface area contributed by atoms with Crippen molar-refractivity contribution in [3.63, 3.8) is 0 Å². The molecule has 7 heteroatoms. The van der Waals surface area contributed by atoms with Crippen LogP contribution in [0.3, 0.4) is 0 Å². The topological polar surface area (TPSA) is 66.4 Å². The van der Waals surface area contributed by atoms with E-state index in [9.17, 15) is 4.79 Å². The van der Waals surface area contributed by atoms with E-state index in [4.69, 9.17) is 9.47 Å². The van der Waals surface area contributed by atoms with Gasteiger partial charge < -0.3 is 19.7 Å². The highest BCUT2D eigenvalue weighted by Crippen LogP contribution is 2.18. The second kappa shape index (κ2) is 10.7. The first-order chi connectivity index (χ1) is 12.6. The highest BCUT2D eigenvalue weighted by atomic mass is 16.5. The van der Waals surface area contributed by atoms with Gasteiger partial charge in [-0.2, -0.15) is 0 Å². The fourth-order valence-electron chi connectivity index (χ4n) is 3.85. The summed E-state index contributed by atoms with van der Waals surface area (Å²) in [5, 5.41) is 3.55. The summed E-state index contributed by atoms with van der Waals surface area (Å²) in [4.78, 5) is 21.3. The molecule has 0 aliphatic carbocycles. The van der Waals surface area contributed by atoms with Crippen LogP contribution in [0.5, 0.6) is 0 Å². The maximum absolute atomic E-state index is 12.1. The lowest BCUT2D eigenvalue weighted by atomic mass is 9.98. The molecule has 0 aromatic carbocycles. The van der Waals surface area contributed by atoms with Gasteiger partial charge in [0.1, 0.15) is 0 Å². The molecule has 2 heterocycles. The SMILES string of the molecule is CCOC(=O)C1CCCN(C(=NC)NCC(C(C)C)N2CCOCC2)C1. The number of hydrogen-bond donors (Lipinski definition) is 1. The number of likely N-dealkylation sites (tertiary alicyclic amines) is 1. The number of carbonyl (C=O) groups is 1. The third kappa shape index (κ3) is 5.84. The predicted octanol–water partition coefficient (Wildman–Crippen LogP) is 1.19. The van der Waals surface area contributed by atoms with Crippen LogP contribution in [0.4, 0.5) is 0 Å². The first-order valence-electron chi connectivity index (χ1n) is 10.0. The molecule has 2 atom stereocenters. The summed E-state index contributed by atoms with van der Waals surface area (Å²) < 4.78 is 10.7. The Morgan fingerprint density at radius 1 is 1.31 bits per heavy atom. The molecule has 150 valence electrons. The van der Waals surface area contributed by atoms with Crippen LogP contribution < -0.4 is 5.32 Å². The summed E-state index contributed by atoms with van der Waals surface area (Å²) in [5.41, 5.74) is 0. The van der Waals surface area contributed by atoms with E-state index in [2.05, 4.69) is 34.0 Å². The molecular weight excluding hydrogens is 332 g/mol. The minimum absolute atomic E-state index is 0.0533. The zero-order chi connectivity index (χ0) is 18.9. The van der Waals surface area contributed by atoms with E-state index in [0.29, 0.717) is 25.1 Å². The van der Waals surface area contributed by atoms with Crippen LogP contribution in [0.1, 0.15) is 33.6 Å². The number of guanidine groups is 1. The summed E-state index contributed by atoms with van der Waals surface area (Å²) in [5.74, 6) is 1.30. The van der Waals surface area contributed by atoms with Crippen LogP contribution >= 0.6 is 0 Å². The molecule has 0 aromatic rings. The Bertz CT molecular complexity index is 464. The molecule has 2 fully saturated rings. The second-order valence-electron chi connectivity index (χ2n) is 7.43. The molecule has 0 aromatic heterocycles. The van der Waals surface area contributed by atoms with E-state index >= 15 is 0 Å². The number of nitrogens with one attached hydrogen (secondary N) is 1. The Morgan fingerprint density at radius 3 is 2.65 bits per heavy atom. The molecule has 0 saturated carbocycles. The number of esters is 1. The normalized spacial score (nSPS) is 23.8. The number of carbonyl (C=O) groups excluding carboxylic acids is 1. The van der Waals surface area contributed by atoms with Gasteiger partial charge in [-0.05, 0) is 25.7 Å². The molecule has 2 aliphatic heterocycles. The van der Waals surface area contributed by atoms with Gasteiger partial charge in [0.2, 0.25) is 0 Å². The van der Waals surface area contributed by atoms with Gasteiger partial charge in [0.05, 0.1) is 25.7 Å². The number of morpholine rings is 1. The largest absolute Gasteiger partial charge is 0.466 e. The standard InChI is InChI=1S/C19H36N4O3/c1-5-26-18(24)16-7-6-8-23(14-16)19(20-4)21-13-17(15(2)3)22-9-11-25-12-10-22/h15-17H,5-14H2,1-4H3,(H,20,21). The van der Waals surface area contributed by atoms with E-state index in [1.54, 1.807) is 0 Å². The number of piperidine rings is 1. The predicted molar refractivity (Wildman–Crippen MR) is 103 cm³/mol. The van der Waals surface area contributed by atoms with Gasteiger partial charge in [0.15, 0.2) is 5.96 Å². The number of nitrogens with zero attached hydrogens (tertiary/aromatic N) is 3. The number of aliphatic imine (C=N–C) groups is 1. The number of hydrogen-bond acceptors (Lipinski definition) is 5. The maximum Gasteiger partial charge on any atom is 0.310 e. The lowest BCUT2D eigenvalue weighted by Gasteiger charge is -2.39. The Morgan fingerprint density at radius 2 is 2.04 bits per heavy atom. The molecule has 2 rings (SSSR count). The van der Waals surface area contributed by atoms with Crippen LogP contribution in [0, 0.1) is 11.8 Å². The summed E-state index contributed by atoms with van der Waals surface area (Å²) in [7, 11) is 1.81. The third-order valence-electron chi connectivity index (χ3n) is 5.31. The average Bonchev–Trinajstić information content (AvgIpc) is 2.66. The highest BCUT2D eigenvalue weighted by molar-refractivity contribution is 5.81.